The van der Waals surface area contributed by atoms with E-state index < -0.39 is 9.84 Å². The zero-order chi connectivity index (χ0) is 13.6. The molecule has 0 aliphatic carbocycles. The van der Waals surface area contributed by atoms with Crippen molar-refractivity contribution in [3.05, 3.63) is 30.1 Å². The molecule has 0 amide bonds. The van der Waals surface area contributed by atoms with Gasteiger partial charge >= 0.3 is 0 Å². The Morgan fingerprint density at radius 3 is 2.56 bits per heavy atom. The molecule has 1 aromatic rings. The molecule has 1 aromatic heterocycles. The van der Waals surface area contributed by atoms with E-state index >= 15 is 0 Å². The molecule has 0 spiro atoms. The van der Waals surface area contributed by atoms with Gasteiger partial charge in [-0.25, -0.2) is 8.42 Å². The Balaban J connectivity index is 2.62. The maximum Gasteiger partial charge on any atom is 0.148 e. The summed E-state index contributed by atoms with van der Waals surface area (Å²) in [7, 11) is -2.91. The molecule has 0 aliphatic heterocycles. The SMILES string of the molecule is CC(C)CC(NCCS(C)(=O)=O)c1ccccn1. The van der Waals surface area contributed by atoms with Gasteiger partial charge in [0.1, 0.15) is 9.84 Å². The minimum absolute atomic E-state index is 0.118. The third-order valence-electron chi connectivity index (χ3n) is 2.62. The number of aromatic nitrogens is 1. The maximum absolute atomic E-state index is 11.1. The molecule has 0 saturated carbocycles. The first-order valence-electron chi connectivity index (χ1n) is 6.20. The summed E-state index contributed by atoms with van der Waals surface area (Å²) in [4.78, 5) is 4.34. The summed E-state index contributed by atoms with van der Waals surface area (Å²) in [5.41, 5.74) is 0.972. The van der Waals surface area contributed by atoms with Gasteiger partial charge in [0.15, 0.2) is 0 Å². The van der Waals surface area contributed by atoms with Crippen LogP contribution in [-0.2, 0) is 9.84 Å². The van der Waals surface area contributed by atoms with E-state index in [-0.39, 0.29) is 11.8 Å². The molecule has 0 radical (unpaired) electrons. The van der Waals surface area contributed by atoms with Crippen molar-refractivity contribution < 1.29 is 8.42 Å². The van der Waals surface area contributed by atoms with Crippen molar-refractivity contribution in [2.24, 2.45) is 5.92 Å². The summed E-state index contributed by atoms with van der Waals surface area (Å²) in [6.07, 6.45) is 3.97. The second-order valence-corrected chi connectivity index (χ2v) is 7.28. The normalized spacial score (nSPS) is 13.8. The highest BCUT2D eigenvalue weighted by molar-refractivity contribution is 7.90. The molecule has 5 heteroatoms. The Bertz CT molecular complexity index is 443. The predicted octanol–water partition coefficient (Wildman–Crippen LogP) is 1.80. The first kappa shape index (κ1) is 15.1. The van der Waals surface area contributed by atoms with Gasteiger partial charge in [-0.1, -0.05) is 19.9 Å². The van der Waals surface area contributed by atoms with E-state index in [0.717, 1.165) is 12.1 Å². The molecule has 0 bridgehead atoms. The minimum atomic E-state index is -2.91. The van der Waals surface area contributed by atoms with Crippen LogP contribution in [0.4, 0.5) is 0 Å². The first-order valence-corrected chi connectivity index (χ1v) is 8.26. The molecule has 1 N–H and O–H groups in total. The molecule has 1 rings (SSSR count). The van der Waals surface area contributed by atoms with E-state index in [1.807, 2.05) is 18.2 Å². The quantitative estimate of drug-likeness (QED) is 0.821. The van der Waals surface area contributed by atoms with Crippen molar-refractivity contribution in [2.45, 2.75) is 26.3 Å². The van der Waals surface area contributed by atoms with Crippen LogP contribution in [0.15, 0.2) is 24.4 Å². The van der Waals surface area contributed by atoms with Crippen LogP contribution >= 0.6 is 0 Å². The van der Waals surface area contributed by atoms with Gasteiger partial charge in [-0.2, -0.15) is 0 Å². The van der Waals surface area contributed by atoms with E-state index in [1.165, 1.54) is 6.26 Å². The number of nitrogens with zero attached hydrogens (tertiary/aromatic N) is 1. The van der Waals surface area contributed by atoms with Crippen LogP contribution in [0.3, 0.4) is 0 Å². The average Bonchev–Trinajstić information content (AvgIpc) is 2.27. The molecule has 0 fully saturated rings. The molecule has 1 atom stereocenters. The highest BCUT2D eigenvalue weighted by Crippen LogP contribution is 2.18. The molecule has 18 heavy (non-hydrogen) atoms. The largest absolute Gasteiger partial charge is 0.308 e. The summed E-state index contributed by atoms with van der Waals surface area (Å²) in [5.74, 6) is 0.691. The Morgan fingerprint density at radius 2 is 2.06 bits per heavy atom. The Morgan fingerprint density at radius 1 is 1.33 bits per heavy atom. The van der Waals surface area contributed by atoms with Crippen molar-refractivity contribution in [1.82, 2.24) is 10.3 Å². The third-order valence-corrected chi connectivity index (χ3v) is 3.56. The van der Waals surface area contributed by atoms with Crippen LogP contribution in [-0.4, -0.2) is 32.0 Å². The second-order valence-electron chi connectivity index (χ2n) is 5.02. The Labute approximate surface area is 110 Å². The molecule has 102 valence electrons. The van der Waals surface area contributed by atoms with Gasteiger partial charge in [0.25, 0.3) is 0 Å². The molecular formula is C13H22N2O2S. The van der Waals surface area contributed by atoms with Crippen molar-refractivity contribution in [2.75, 3.05) is 18.6 Å². The number of rotatable bonds is 7. The fraction of sp³-hybridized carbons (Fsp3) is 0.615. The average molecular weight is 270 g/mol. The van der Waals surface area contributed by atoms with Gasteiger partial charge in [-0.15, -0.1) is 0 Å². The van der Waals surface area contributed by atoms with Crippen molar-refractivity contribution in [3.63, 3.8) is 0 Å². The van der Waals surface area contributed by atoms with E-state index in [9.17, 15) is 8.42 Å². The van der Waals surface area contributed by atoms with Crippen LogP contribution in [0.2, 0.25) is 0 Å². The lowest BCUT2D eigenvalue weighted by Crippen LogP contribution is -2.28. The lowest BCUT2D eigenvalue weighted by molar-refractivity contribution is 0.430. The maximum atomic E-state index is 11.1. The van der Waals surface area contributed by atoms with Gasteiger partial charge < -0.3 is 5.32 Å². The zero-order valence-corrected chi connectivity index (χ0v) is 12.1. The van der Waals surface area contributed by atoms with Crippen LogP contribution in [0.25, 0.3) is 0 Å². The summed E-state index contributed by atoms with van der Waals surface area (Å²) in [5, 5.41) is 3.28. The molecule has 4 nitrogen and oxygen atoms in total. The monoisotopic (exact) mass is 270 g/mol. The summed E-state index contributed by atoms with van der Waals surface area (Å²) >= 11 is 0. The molecular weight excluding hydrogens is 248 g/mol. The van der Waals surface area contributed by atoms with Crippen LogP contribution in [0, 0.1) is 5.92 Å². The van der Waals surface area contributed by atoms with Gasteiger partial charge in [-0.05, 0) is 24.5 Å². The smallest absolute Gasteiger partial charge is 0.148 e. The lowest BCUT2D eigenvalue weighted by atomic mass is 10.0. The highest BCUT2D eigenvalue weighted by atomic mass is 32.2. The Hall–Kier alpha value is -0.940. The summed E-state index contributed by atoms with van der Waals surface area (Å²) in [6, 6.07) is 5.92. The molecule has 1 unspecified atom stereocenters. The van der Waals surface area contributed by atoms with Gasteiger partial charge in [-0.3, -0.25) is 4.98 Å². The minimum Gasteiger partial charge on any atom is -0.308 e. The number of hydrogen-bond donors (Lipinski definition) is 1. The lowest BCUT2D eigenvalue weighted by Gasteiger charge is -2.20. The number of pyridine rings is 1. The van der Waals surface area contributed by atoms with Gasteiger partial charge in [0, 0.05) is 25.0 Å². The molecule has 0 aromatic carbocycles. The summed E-state index contributed by atoms with van der Waals surface area (Å²) < 4.78 is 22.2. The summed E-state index contributed by atoms with van der Waals surface area (Å²) in [6.45, 7) is 4.76. The van der Waals surface area contributed by atoms with E-state index in [0.29, 0.717) is 12.5 Å². The number of sulfone groups is 1. The van der Waals surface area contributed by atoms with E-state index in [4.69, 9.17) is 0 Å². The van der Waals surface area contributed by atoms with Crippen molar-refractivity contribution >= 4 is 9.84 Å². The number of nitrogens with one attached hydrogen (secondary N) is 1. The Kier molecular flexibility index (Phi) is 5.75. The molecule has 0 aliphatic rings. The van der Waals surface area contributed by atoms with Gasteiger partial charge in [0.05, 0.1) is 11.4 Å². The standard InChI is InChI=1S/C13H22N2O2S/c1-11(2)10-13(12-6-4-5-7-14-12)15-8-9-18(3,16)17/h4-7,11,13,15H,8-10H2,1-3H3. The van der Waals surface area contributed by atoms with E-state index in [1.54, 1.807) is 6.20 Å². The zero-order valence-electron chi connectivity index (χ0n) is 11.3. The second kappa shape index (κ2) is 6.85. The van der Waals surface area contributed by atoms with Crippen LogP contribution < -0.4 is 5.32 Å². The first-order chi connectivity index (χ1) is 8.38. The topological polar surface area (TPSA) is 59.1 Å². The molecule has 1 heterocycles. The van der Waals surface area contributed by atoms with Crippen molar-refractivity contribution in [1.29, 1.82) is 0 Å². The molecule has 0 saturated heterocycles. The highest BCUT2D eigenvalue weighted by Gasteiger charge is 2.14. The van der Waals surface area contributed by atoms with E-state index in [2.05, 4.69) is 24.1 Å². The number of hydrogen-bond acceptors (Lipinski definition) is 4. The third kappa shape index (κ3) is 6.12. The van der Waals surface area contributed by atoms with Crippen LogP contribution in [0.1, 0.15) is 32.0 Å². The van der Waals surface area contributed by atoms with Crippen molar-refractivity contribution in [3.8, 4) is 0 Å². The fourth-order valence-corrected chi connectivity index (χ4v) is 2.27. The van der Waals surface area contributed by atoms with Gasteiger partial charge in [0.2, 0.25) is 0 Å². The fourth-order valence-electron chi connectivity index (χ4n) is 1.78. The predicted molar refractivity (Wildman–Crippen MR) is 74.1 cm³/mol. The van der Waals surface area contributed by atoms with Crippen LogP contribution in [0.5, 0.6) is 0 Å².